The molecule has 182 valence electrons. The molecule has 5 nitrogen and oxygen atoms in total. The fourth-order valence-corrected chi connectivity index (χ4v) is 4.40. The Morgan fingerprint density at radius 3 is 2.46 bits per heavy atom. The number of fused-ring (bicyclic) bond motifs is 1. The molecule has 0 saturated carbocycles. The molecule has 1 amide bonds. The van der Waals surface area contributed by atoms with Crippen LogP contribution in [0.1, 0.15) is 5.56 Å². The van der Waals surface area contributed by atoms with Gasteiger partial charge in [-0.2, -0.15) is 5.10 Å². The van der Waals surface area contributed by atoms with E-state index in [4.69, 9.17) is 21.3 Å². The van der Waals surface area contributed by atoms with Gasteiger partial charge in [-0.25, -0.2) is 10.4 Å². The van der Waals surface area contributed by atoms with Gasteiger partial charge in [0.15, 0.2) is 6.61 Å². The summed E-state index contributed by atoms with van der Waals surface area (Å²) in [6.45, 7) is -0.166. The zero-order chi connectivity index (χ0) is 25.6. The Labute approximate surface area is 227 Å². The Morgan fingerprint density at radius 1 is 0.919 bits per heavy atom. The van der Waals surface area contributed by atoms with Crippen LogP contribution in [0.3, 0.4) is 0 Å². The van der Waals surface area contributed by atoms with Crippen molar-refractivity contribution >= 4 is 50.6 Å². The number of nitrogens with zero attached hydrogens (tertiary/aromatic N) is 2. The SMILES string of the molecule is O=C(COc1ccc(-c2cc(-c3ccccc3)c3cc(Br)ccc3n2)cc1)N/N=C/c1ccccc1Cl. The lowest BCUT2D eigenvalue weighted by Crippen LogP contribution is -2.24. The number of ether oxygens (including phenoxy) is 1. The molecule has 0 aliphatic carbocycles. The highest BCUT2D eigenvalue weighted by Gasteiger charge is 2.11. The molecule has 0 saturated heterocycles. The van der Waals surface area contributed by atoms with E-state index in [0.717, 1.165) is 37.8 Å². The quantitative estimate of drug-likeness (QED) is 0.163. The van der Waals surface area contributed by atoms with Gasteiger partial charge in [-0.3, -0.25) is 4.79 Å². The van der Waals surface area contributed by atoms with E-state index in [1.165, 1.54) is 6.21 Å². The molecular weight excluding hydrogens is 550 g/mol. The van der Waals surface area contributed by atoms with Crippen molar-refractivity contribution in [2.75, 3.05) is 6.61 Å². The minimum atomic E-state index is -0.373. The number of benzene rings is 4. The number of nitrogens with one attached hydrogen (secondary N) is 1. The van der Waals surface area contributed by atoms with E-state index >= 15 is 0 Å². The van der Waals surface area contributed by atoms with Crippen molar-refractivity contribution in [2.24, 2.45) is 5.10 Å². The lowest BCUT2D eigenvalue weighted by molar-refractivity contribution is -0.123. The highest BCUT2D eigenvalue weighted by molar-refractivity contribution is 9.10. The summed E-state index contributed by atoms with van der Waals surface area (Å²) in [5.74, 6) is 0.198. The molecule has 0 bridgehead atoms. The highest BCUT2D eigenvalue weighted by Crippen LogP contribution is 2.34. The molecular formula is C30H21BrClN3O2. The number of pyridine rings is 1. The number of hydrogen-bond donors (Lipinski definition) is 1. The smallest absolute Gasteiger partial charge is 0.277 e. The monoisotopic (exact) mass is 569 g/mol. The summed E-state index contributed by atoms with van der Waals surface area (Å²) in [5.41, 5.74) is 8.10. The van der Waals surface area contributed by atoms with Crippen molar-refractivity contribution in [3.8, 4) is 28.1 Å². The van der Waals surface area contributed by atoms with Gasteiger partial charge in [0, 0.05) is 26.0 Å². The molecule has 5 aromatic rings. The average molecular weight is 571 g/mol. The van der Waals surface area contributed by atoms with Crippen molar-refractivity contribution in [3.05, 3.63) is 118 Å². The van der Waals surface area contributed by atoms with E-state index in [2.05, 4.69) is 50.7 Å². The van der Waals surface area contributed by atoms with Crippen LogP contribution in [-0.4, -0.2) is 23.7 Å². The molecule has 1 N–H and O–H groups in total. The van der Waals surface area contributed by atoms with Crippen molar-refractivity contribution in [3.63, 3.8) is 0 Å². The molecule has 5 rings (SSSR count). The third kappa shape index (κ3) is 6.05. The highest BCUT2D eigenvalue weighted by atomic mass is 79.9. The second kappa shape index (κ2) is 11.4. The Kier molecular flexibility index (Phi) is 7.59. The second-order valence-electron chi connectivity index (χ2n) is 8.21. The molecule has 0 fully saturated rings. The lowest BCUT2D eigenvalue weighted by atomic mass is 9.98. The summed E-state index contributed by atoms with van der Waals surface area (Å²) in [4.78, 5) is 17.0. The molecule has 1 heterocycles. The third-order valence-electron chi connectivity index (χ3n) is 5.67. The van der Waals surface area contributed by atoms with Gasteiger partial charge in [0.05, 0.1) is 17.4 Å². The van der Waals surface area contributed by atoms with Gasteiger partial charge in [-0.1, -0.05) is 76.1 Å². The van der Waals surface area contributed by atoms with Crippen LogP contribution in [0.15, 0.2) is 113 Å². The lowest BCUT2D eigenvalue weighted by Gasteiger charge is -2.11. The first-order valence-corrected chi connectivity index (χ1v) is 12.7. The van der Waals surface area contributed by atoms with Gasteiger partial charge in [0.1, 0.15) is 5.75 Å². The van der Waals surface area contributed by atoms with E-state index < -0.39 is 0 Å². The van der Waals surface area contributed by atoms with Gasteiger partial charge in [0.2, 0.25) is 0 Å². The number of carbonyl (C=O) groups is 1. The molecule has 0 unspecified atom stereocenters. The maximum absolute atomic E-state index is 12.1. The van der Waals surface area contributed by atoms with Crippen LogP contribution in [0, 0.1) is 0 Å². The van der Waals surface area contributed by atoms with Crippen LogP contribution in [0.4, 0.5) is 0 Å². The summed E-state index contributed by atoms with van der Waals surface area (Å²) in [6.07, 6.45) is 1.49. The number of aromatic nitrogens is 1. The molecule has 0 aliphatic heterocycles. The number of carbonyl (C=O) groups excluding carboxylic acids is 1. The van der Waals surface area contributed by atoms with E-state index in [9.17, 15) is 4.79 Å². The first kappa shape index (κ1) is 24.7. The Hall–Kier alpha value is -4.00. The van der Waals surface area contributed by atoms with Crippen molar-refractivity contribution < 1.29 is 9.53 Å². The normalized spacial score (nSPS) is 11.1. The number of halogens is 2. The Bertz CT molecular complexity index is 1590. The second-order valence-corrected chi connectivity index (χ2v) is 9.53. The van der Waals surface area contributed by atoms with Gasteiger partial charge < -0.3 is 4.74 Å². The predicted molar refractivity (Wildman–Crippen MR) is 153 cm³/mol. The van der Waals surface area contributed by atoms with Crippen LogP contribution < -0.4 is 10.2 Å². The van der Waals surface area contributed by atoms with Crippen LogP contribution in [0.2, 0.25) is 5.02 Å². The summed E-state index contributed by atoms with van der Waals surface area (Å²) in [5, 5.41) is 5.57. The molecule has 4 aromatic carbocycles. The average Bonchev–Trinajstić information content (AvgIpc) is 2.93. The van der Waals surface area contributed by atoms with Crippen molar-refractivity contribution in [2.45, 2.75) is 0 Å². The van der Waals surface area contributed by atoms with Gasteiger partial charge in [-0.05, 0) is 65.7 Å². The summed E-state index contributed by atoms with van der Waals surface area (Å²) >= 11 is 9.66. The van der Waals surface area contributed by atoms with Crippen LogP contribution in [-0.2, 0) is 4.79 Å². The fourth-order valence-electron chi connectivity index (χ4n) is 3.86. The van der Waals surface area contributed by atoms with Crippen molar-refractivity contribution in [1.82, 2.24) is 10.4 Å². The maximum Gasteiger partial charge on any atom is 0.277 e. The molecule has 0 spiro atoms. The zero-order valence-electron chi connectivity index (χ0n) is 19.6. The molecule has 0 atom stereocenters. The van der Waals surface area contributed by atoms with E-state index in [-0.39, 0.29) is 12.5 Å². The van der Waals surface area contributed by atoms with E-state index in [1.807, 2.05) is 72.8 Å². The molecule has 1 aromatic heterocycles. The van der Waals surface area contributed by atoms with Crippen LogP contribution in [0.5, 0.6) is 5.75 Å². The molecule has 7 heteroatoms. The van der Waals surface area contributed by atoms with Crippen molar-refractivity contribution in [1.29, 1.82) is 0 Å². The first-order chi connectivity index (χ1) is 18.1. The van der Waals surface area contributed by atoms with Gasteiger partial charge in [-0.15, -0.1) is 0 Å². The third-order valence-corrected chi connectivity index (χ3v) is 6.51. The summed E-state index contributed by atoms with van der Waals surface area (Å²) in [7, 11) is 0. The zero-order valence-corrected chi connectivity index (χ0v) is 21.9. The maximum atomic E-state index is 12.1. The molecule has 0 aliphatic rings. The Balaban J connectivity index is 1.29. The number of hydrogen-bond acceptors (Lipinski definition) is 4. The number of rotatable bonds is 7. The van der Waals surface area contributed by atoms with E-state index in [1.54, 1.807) is 6.07 Å². The first-order valence-electron chi connectivity index (χ1n) is 11.5. The van der Waals surface area contributed by atoms with Gasteiger partial charge >= 0.3 is 0 Å². The fraction of sp³-hybridized carbons (Fsp3) is 0.0333. The molecule has 37 heavy (non-hydrogen) atoms. The summed E-state index contributed by atoms with van der Waals surface area (Å²) in [6, 6.07) is 33.2. The minimum absolute atomic E-state index is 0.166. The number of amides is 1. The van der Waals surface area contributed by atoms with Crippen LogP contribution in [0.25, 0.3) is 33.3 Å². The van der Waals surface area contributed by atoms with Crippen LogP contribution >= 0.6 is 27.5 Å². The molecule has 0 radical (unpaired) electrons. The topological polar surface area (TPSA) is 63.6 Å². The number of hydrazone groups is 1. The minimum Gasteiger partial charge on any atom is -0.484 e. The summed E-state index contributed by atoms with van der Waals surface area (Å²) < 4.78 is 6.63. The standard InChI is InChI=1S/C30H21BrClN3O2/c31-23-12-15-28-26(16-23)25(20-6-2-1-3-7-20)17-29(34-28)21-10-13-24(14-11-21)37-19-30(36)35-33-18-22-8-4-5-9-27(22)32/h1-18H,19H2,(H,35,36)/b33-18+. The van der Waals surface area contributed by atoms with Gasteiger partial charge in [0.25, 0.3) is 5.91 Å². The predicted octanol–water partition coefficient (Wildman–Crippen LogP) is 7.51. The van der Waals surface area contributed by atoms with E-state index in [0.29, 0.717) is 16.3 Å². The largest absolute Gasteiger partial charge is 0.484 e. The Morgan fingerprint density at radius 2 is 1.68 bits per heavy atom.